The lowest BCUT2D eigenvalue weighted by Gasteiger charge is -2.21. The van der Waals surface area contributed by atoms with Crippen LogP contribution in [0.4, 0.5) is 0 Å². The van der Waals surface area contributed by atoms with Crippen molar-refractivity contribution in [2.24, 2.45) is 5.92 Å². The Morgan fingerprint density at radius 3 is 3.00 bits per heavy atom. The summed E-state index contributed by atoms with van der Waals surface area (Å²) in [5.41, 5.74) is 4.17. The second-order valence-electron chi connectivity index (χ2n) is 5.18. The van der Waals surface area contributed by atoms with Crippen LogP contribution in [0.5, 0.6) is 0 Å². The van der Waals surface area contributed by atoms with Crippen molar-refractivity contribution in [1.82, 2.24) is 0 Å². The third kappa shape index (κ3) is 1.74. The van der Waals surface area contributed by atoms with E-state index in [1.807, 2.05) is 6.92 Å². The zero-order chi connectivity index (χ0) is 12.5. The molecule has 92 valence electrons. The molecule has 2 aliphatic carbocycles. The quantitative estimate of drug-likeness (QED) is 0.774. The van der Waals surface area contributed by atoms with E-state index < -0.39 is 0 Å². The van der Waals surface area contributed by atoms with E-state index >= 15 is 0 Å². The van der Waals surface area contributed by atoms with Gasteiger partial charge in [-0.25, -0.2) is 0 Å². The Kier molecular flexibility index (Phi) is 2.91. The van der Waals surface area contributed by atoms with Crippen molar-refractivity contribution in [3.05, 3.63) is 53.6 Å². The first-order chi connectivity index (χ1) is 8.81. The van der Waals surface area contributed by atoms with Crippen molar-refractivity contribution in [2.45, 2.75) is 32.1 Å². The SMILES string of the molecule is CCC(=O)CC1c2ccccc2C2=CC=CCC21. The summed E-state index contributed by atoms with van der Waals surface area (Å²) in [5, 5.41) is 0. The largest absolute Gasteiger partial charge is 0.300 e. The molecule has 1 heteroatoms. The molecule has 1 aromatic carbocycles. The molecule has 0 aromatic heterocycles. The molecule has 2 unspecified atom stereocenters. The van der Waals surface area contributed by atoms with E-state index in [1.165, 1.54) is 16.7 Å². The number of carbonyl (C=O) groups is 1. The molecule has 0 radical (unpaired) electrons. The van der Waals surface area contributed by atoms with E-state index in [1.54, 1.807) is 0 Å². The number of fused-ring (bicyclic) bond motifs is 3. The molecule has 18 heavy (non-hydrogen) atoms. The maximum Gasteiger partial charge on any atom is 0.133 e. The predicted octanol–water partition coefficient (Wildman–Crippen LogP) is 4.11. The summed E-state index contributed by atoms with van der Waals surface area (Å²) < 4.78 is 0. The highest BCUT2D eigenvalue weighted by Gasteiger charge is 2.36. The molecule has 3 rings (SSSR count). The number of hydrogen-bond acceptors (Lipinski definition) is 1. The Bertz CT molecular complexity index is 536. The van der Waals surface area contributed by atoms with Gasteiger partial charge >= 0.3 is 0 Å². The van der Waals surface area contributed by atoms with Crippen LogP contribution in [0.25, 0.3) is 5.57 Å². The van der Waals surface area contributed by atoms with E-state index in [-0.39, 0.29) is 0 Å². The van der Waals surface area contributed by atoms with Gasteiger partial charge in [0.05, 0.1) is 0 Å². The molecular weight excluding hydrogens is 220 g/mol. The van der Waals surface area contributed by atoms with Crippen LogP contribution < -0.4 is 0 Å². The highest BCUT2D eigenvalue weighted by molar-refractivity contribution is 5.83. The first-order valence-electron chi connectivity index (χ1n) is 6.79. The van der Waals surface area contributed by atoms with Gasteiger partial charge < -0.3 is 0 Å². The topological polar surface area (TPSA) is 17.1 Å². The lowest BCUT2D eigenvalue weighted by atomic mass is 9.82. The summed E-state index contributed by atoms with van der Waals surface area (Å²) in [6.07, 6.45) is 9.02. The smallest absolute Gasteiger partial charge is 0.133 e. The molecule has 1 nitrogen and oxygen atoms in total. The summed E-state index contributed by atoms with van der Waals surface area (Å²) in [5.74, 6) is 1.29. The van der Waals surface area contributed by atoms with E-state index in [2.05, 4.69) is 42.5 Å². The normalized spacial score (nSPS) is 24.4. The minimum absolute atomic E-state index is 0.380. The molecule has 1 aromatic rings. The highest BCUT2D eigenvalue weighted by Crippen LogP contribution is 2.50. The summed E-state index contributed by atoms with van der Waals surface area (Å²) in [6.45, 7) is 1.96. The number of Topliss-reactive ketones (excluding diaryl/α,β-unsaturated/α-hetero) is 1. The number of allylic oxidation sites excluding steroid dienone is 4. The molecule has 0 heterocycles. The molecule has 0 fully saturated rings. The average molecular weight is 238 g/mol. The van der Waals surface area contributed by atoms with Gasteiger partial charge in [-0.3, -0.25) is 4.79 Å². The minimum Gasteiger partial charge on any atom is -0.300 e. The van der Waals surface area contributed by atoms with E-state index in [4.69, 9.17) is 0 Å². The fraction of sp³-hybridized carbons (Fsp3) is 0.353. The van der Waals surface area contributed by atoms with Gasteiger partial charge in [0.2, 0.25) is 0 Å². The maximum absolute atomic E-state index is 11.8. The van der Waals surface area contributed by atoms with E-state index in [0.717, 1.165) is 6.42 Å². The molecular formula is C17H18O. The van der Waals surface area contributed by atoms with Gasteiger partial charge in [0.15, 0.2) is 0 Å². The van der Waals surface area contributed by atoms with Crippen molar-refractivity contribution in [2.75, 3.05) is 0 Å². The molecule has 2 atom stereocenters. The first-order valence-corrected chi connectivity index (χ1v) is 6.79. The Morgan fingerprint density at radius 2 is 2.17 bits per heavy atom. The van der Waals surface area contributed by atoms with Crippen molar-refractivity contribution in [3.8, 4) is 0 Å². The fourth-order valence-corrected chi connectivity index (χ4v) is 3.26. The molecule has 0 aliphatic heterocycles. The lowest BCUT2D eigenvalue weighted by Crippen LogP contribution is -2.12. The molecule has 2 aliphatic rings. The average Bonchev–Trinajstić information content (AvgIpc) is 2.74. The van der Waals surface area contributed by atoms with Gasteiger partial charge in [0.25, 0.3) is 0 Å². The van der Waals surface area contributed by atoms with Crippen LogP contribution in [-0.4, -0.2) is 5.78 Å². The first kappa shape index (κ1) is 11.5. The van der Waals surface area contributed by atoms with Crippen LogP contribution in [-0.2, 0) is 4.79 Å². The zero-order valence-corrected chi connectivity index (χ0v) is 10.7. The standard InChI is InChI=1S/C17H18O/c1-2-12(18)11-17-15-9-5-3-7-13(15)14-8-4-6-10-16(14)17/h3-9,16-17H,2,10-11H2,1H3. The van der Waals surface area contributed by atoms with Crippen molar-refractivity contribution >= 4 is 11.4 Å². The monoisotopic (exact) mass is 238 g/mol. The third-order valence-corrected chi connectivity index (χ3v) is 4.20. The van der Waals surface area contributed by atoms with Crippen LogP contribution in [0, 0.1) is 5.92 Å². The summed E-state index contributed by atoms with van der Waals surface area (Å²) in [7, 11) is 0. The molecule has 0 amide bonds. The number of carbonyl (C=O) groups excluding carboxylic acids is 1. The van der Waals surface area contributed by atoms with Gasteiger partial charge in [-0.2, -0.15) is 0 Å². The number of ketones is 1. The van der Waals surface area contributed by atoms with Crippen LogP contribution in [0.3, 0.4) is 0 Å². The third-order valence-electron chi connectivity index (χ3n) is 4.20. The lowest BCUT2D eigenvalue weighted by molar-refractivity contribution is -0.119. The van der Waals surface area contributed by atoms with E-state index in [0.29, 0.717) is 30.5 Å². The Hall–Kier alpha value is -1.63. The number of rotatable bonds is 3. The second-order valence-corrected chi connectivity index (χ2v) is 5.18. The van der Waals surface area contributed by atoms with Crippen LogP contribution in [0.1, 0.15) is 43.2 Å². The van der Waals surface area contributed by atoms with Gasteiger partial charge in [0.1, 0.15) is 5.78 Å². The molecule has 0 bridgehead atoms. The van der Waals surface area contributed by atoms with Crippen molar-refractivity contribution < 1.29 is 4.79 Å². The van der Waals surface area contributed by atoms with Crippen LogP contribution in [0.2, 0.25) is 0 Å². The van der Waals surface area contributed by atoms with Gasteiger partial charge in [-0.15, -0.1) is 0 Å². The Labute approximate surface area is 108 Å². The van der Waals surface area contributed by atoms with Gasteiger partial charge in [-0.1, -0.05) is 49.4 Å². The van der Waals surface area contributed by atoms with Crippen LogP contribution >= 0.6 is 0 Å². The van der Waals surface area contributed by atoms with Crippen molar-refractivity contribution in [1.29, 1.82) is 0 Å². The molecule has 0 spiro atoms. The number of benzene rings is 1. The predicted molar refractivity (Wildman–Crippen MR) is 74.3 cm³/mol. The summed E-state index contributed by atoms with van der Waals surface area (Å²) in [6, 6.07) is 8.58. The van der Waals surface area contributed by atoms with Crippen molar-refractivity contribution in [3.63, 3.8) is 0 Å². The Balaban J connectivity index is 2.02. The fourth-order valence-electron chi connectivity index (χ4n) is 3.26. The summed E-state index contributed by atoms with van der Waals surface area (Å²) >= 11 is 0. The molecule has 0 saturated heterocycles. The van der Waals surface area contributed by atoms with Crippen LogP contribution in [0.15, 0.2) is 42.5 Å². The van der Waals surface area contributed by atoms with Gasteiger partial charge in [0, 0.05) is 12.8 Å². The second kappa shape index (κ2) is 4.56. The maximum atomic E-state index is 11.8. The molecule has 0 saturated carbocycles. The molecule has 0 N–H and O–H groups in total. The zero-order valence-electron chi connectivity index (χ0n) is 10.7. The summed E-state index contributed by atoms with van der Waals surface area (Å²) in [4.78, 5) is 11.8. The van der Waals surface area contributed by atoms with E-state index in [9.17, 15) is 4.79 Å². The highest BCUT2D eigenvalue weighted by atomic mass is 16.1. The number of hydrogen-bond donors (Lipinski definition) is 0. The Morgan fingerprint density at radius 1 is 1.33 bits per heavy atom. The minimum atomic E-state index is 0.380. The van der Waals surface area contributed by atoms with Gasteiger partial charge in [-0.05, 0) is 35.0 Å².